The lowest BCUT2D eigenvalue weighted by atomic mass is 9.96. The zero-order valence-electron chi connectivity index (χ0n) is 19.1. The van der Waals surface area contributed by atoms with Crippen molar-refractivity contribution < 1.29 is 0 Å². The van der Waals surface area contributed by atoms with E-state index in [4.69, 9.17) is 0 Å². The molecule has 0 aliphatic carbocycles. The fraction of sp³-hybridized carbons (Fsp3) is 0.538. The molecule has 0 aliphatic rings. The summed E-state index contributed by atoms with van der Waals surface area (Å²) < 4.78 is 0. The fourth-order valence-electron chi connectivity index (χ4n) is 2.65. The fourth-order valence-corrected chi connectivity index (χ4v) is 2.65. The molecule has 0 fully saturated rings. The Morgan fingerprint density at radius 2 is 1.63 bits per heavy atom. The van der Waals surface area contributed by atoms with Crippen LogP contribution in [0.4, 0.5) is 0 Å². The average Bonchev–Trinajstić information content (AvgIpc) is 2.65. The van der Waals surface area contributed by atoms with E-state index < -0.39 is 0 Å². The Hall–Kier alpha value is -1.76. The second-order valence-corrected chi connectivity index (χ2v) is 7.80. The van der Waals surface area contributed by atoms with Crippen molar-refractivity contribution in [3.8, 4) is 0 Å². The second-order valence-electron chi connectivity index (χ2n) is 7.80. The molecule has 0 saturated carbocycles. The number of rotatable bonds is 13. The molecule has 152 valence electrons. The molecule has 0 aliphatic heterocycles. The predicted octanol–water partition coefficient (Wildman–Crippen LogP) is 8.01. The zero-order valence-corrected chi connectivity index (χ0v) is 19.1. The van der Waals surface area contributed by atoms with Crippen LogP contribution in [0.1, 0.15) is 73.6 Å². The van der Waals surface area contributed by atoms with Crippen LogP contribution in [0.15, 0.2) is 71.5 Å². The lowest BCUT2D eigenvalue weighted by molar-refractivity contribution is 0.436. The molecular weight excluding hydrogens is 326 g/mol. The summed E-state index contributed by atoms with van der Waals surface area (Å²) >= 11 is 0. The molecule has 1 unspecified atom stereocenters. The molecule has 1 atom stereocenters. The minimum Gasteiger partial charge on any atom is -0.378 e. The van der Waals surface area contributed by atoms with Gasteiger partial charge in [0, 0.05) is 19.3 Å². The average molecular weight is 370 g/mol. The first-order valence-corrected chi connectivity index (χ1v) is 10.4. The third-order valence-corrected chi connectivity index (χ3v) is 5.36. The van der Waals surface area contributed by atoms with Crippen LogP contribution in [0.25, 0.3) is 0 Å². The van der Waals surface area contributed by atoms with Gasteiger partial charge in [-0.3, -0.25) is 0 Å². The van der Waals surface area contributed by atoms with Crippen LogP contribution in [-0.2, 0) is 0 Å². The van der Waals surface area contributed by atoms with Gasteiger partial charge in [0.15, 0.2) is 0 Å². The third-order valence-electron chi connectivity index (χ3n) is 5.36. The van der Waals surface area contributed by atoms with E-state index in [1.807, 2.05) is 6.08 Å². The van der Waals surface area contributed by atoms with Gasteiger partial charge in [0.1, 0.15) is 0 Å². The molecule has 0 bridgehead atoms. The molecule has 0 rings (SSSR count). The number of hydrogen-bond donors (Lipinski definition) is 0. The van der Waals surface area contributed by atoms with E-state index in [1.54, 1.807) is 0 Å². The first kappa shape index (κ1) is 25.2. The van der Waals surface area contributed by atoms with Gasteiger partial charge in [0.05, 0.1) is 0 Å². The molecule has 0 amide bonds. The highest BCUT2D eigenvalue weighted by molar-refractivity contribution is 5.34. The molecule has 0 aromatic carbocycles. The maximum Gasteiger partial charge on any atom is 0.0143 e. The first-order valence-electron chi connectivity index (χ1n) is 10.4. The van der Waals surface area contributed by atoms with Crippen molar-refractivity contribution in [3.63, 3.8) is 0 Å². The van der Waals surface area contributed by atoms with Gasteiger partial charge in [0.25, 0.3) is 0 Å². The van der Waals surface area contributed by atoms with Crippen LogP contribution < -0.4 is 0 Å². The van der Waals surface area contributed by atoms with Gasteiger partial charge < -0.3 is 4.90 Å². The van der Waals surface area contributed by atoms with Crippen molar-refractivity contribution in [2.24, 2.45) is 5.92 Å². The third kappa shape index (κ3) is 10.9. The summed E-state index contributed by atoms with van der Waals surface area (Å²) in [6.45, 7) is 22.5. The minimum absolute atomic E-state index is 0.550. The van der Waals surface area contributed by atoms with E-state index in [-0.39, 0.29) is 0 Å². The van der Waals surface area contributed by atoms with Crippen LogP contribution >= 0.6 is 0 Å². The maximum atomic E-state index is 4.40. The van der Waals surface area contributed by atoms with Crippen molar-refractivity contribution in [2.45, 2.75) is 73.6 Å². The molecule has 0 saturated heterocycles. The minimum atomic E-state index is 0.550. The van der Waals surface area contributed by atoms with Gasteiger partial charge in [-0.2, -0.15) is 0 Å². The standard InChI is InChI=1S/C26H43N/c1-10-22(5)17-13-12-14-20-26(25(8)27(9)11-2)24(7)19-16-15-18-23(6)21(3)4/h10,12-13,15-16,22H,1,7,11,14,17-20H2,2-6,8-9H3/b13-12+,16-15-,26-25-. The van der Waals surface area contributed by atoms with E-state index in [0.29, 0.717) is 5.92 Å². The highest BCUT2D eigenvalue weighted by Gasteiger charge is 2.08. The summed E-state index contributed by atoms with van der Waals surface area (Å²) in [6.07, 6.45) is 16.3. The monoisotopic (exact) mass is 369 g/mol. The van der Waals surface area contributed by atoms with Gasteiger partial charge in [-0.25, -0.2) is 0 Å². The van der Waals surface area contributed by atoms with Crippen LogP contribution in [0.2, 0.25) is 0 Å². The smallest absolute Gasteiger partial charge is 0.0143 e. The number of hydrogen-bond acceptors (Lipinski definition) is 1. The molecule has 27 heavy (non-hydrogen) atoms. The molecule has 1 heteroatoms. The summed E-state index contributed by atoms with van der Waals surface area (Å²) in [5, 5.41) is 0. The van der Waals surface area contributed by atoms with Gasteiger partial charge >= 0.3 is 0 Å². The SMILES string of the molecule is C=CC(C)C/C=C/CC/C(C(=C)C/C=C\CC(C)=C(C)C)=C(\C)N(C)CC. The summed E-state index contributed by atoms with van der Waals surface area (Å²) in [4.78, 5) is 2.32. The molecule has 0 radical (unpaired) electrons. The van der Waals surface area contributed by atoms with Crippen molar-refractivity contribution in [3.05, 3.63) is 71.5 Å². The normalized spacial score (nSPS) is 13.6. The van der Waals surface area contributed by atoms with Crippen LogP contribution in [0, 0.1) is 5.92 Å². The molecule has 0 aromatic rings. The molecule has 0 heterocycles. The first-order chi connectivity index (χ1) is 12.7. The quantitative estimate of drug-likeness (QED) is 0.235. The van der Waals surface area contributed by atoms with E-state index in [1.165, 1.54) is 28.0 Å². The van der Waals surface area contributed by atoms with Crippen LogP contribution in [0.3, 0.4) is 0 Å². The Morgan fingerprint density at radius 1 is 1.00 bits per heavy atom. The zero-order chi connectivity index (χ0) is 20.8. The van der Waals surface area contributed by atoms with E-state index >= 15 is 0 Å². The lowest BCUT2D eigenvalue weighted by Crippen LogP contribution is -2.17. The Bertz CT molecular complexity index is 579. The van der Waals surface area contributed by atoms with Crippen molar-refractivity contribution >= 4 is 0 Å². The molecular formula is C26H43N. The van der Waals surface area contributed by atoms with Crippen molar-refractivity contribution in [1.82, 2.24) is 4.90 Å². The van der Waals surface area contributed by atoms with Gasteiger partial charge in [-0.05, 0) is 83.8 Å². The van der Waals surface area contributed by atoms with Crippen molar-refractivity contribution in [1.29, 1.82) is 0 Å². The summed E-state index contributed by atoms with van der Waals surface area (Å²) in [7, 11) is 2.16. The molecule has 0 aromatic heterocycles. The van der Waals surface area contributed by atoms with Crippen LogP contribution in [0.5, 0.6) is 0 Å². The highest BCUT2D eigenvalue weighted by Crippen LogP contribution is 2.24. The van der Waals surface area contributed by atoms with E-state index in [9.17, 15) is 0 Å². The van der Waals surface area contributed by atoms with Gasteiger partial charge in [-0.1, -0.05) is 55.0 Å². The molecule has 0 spiro atoms. The second kappa shape index (κ2) is 14.3. The van der Waals surface area contributed by atoms with E-state index in [2.05, 4.69) is 91.0 Å². The van der Waals surface area contributed by atoms with Crippen molar-refractivity contribution in [2.75, 3.05) is 13.6 Å². The van der Waals surface area contributed by atoms with Gasteiger partial charge in [-0.15, -0.1) is 6.58 Å². The predicted molar refractivity (Wildman–Crippen MR) is 125 cm³/mol. The number of allylic oxidation sites excluding steroid dienone is 10. The largest absolute Gasteiger partial charge is 0.378 e. The molecule has 0 N–H and O–H groups in total. The van der Waals surface area contributed by atoms with Crippen LogP contribution in [-0.4, -0.2) is 18.5 Å². The summed E-state index contributed by atoms with van der Waals surface area (Å²) in [6, 6.07) is 0. The Labute approximate surface area is 169 Å². The maximum absolute atomic E-state index is 4.40. The summed E-state index contributed by atoms with van der Waals surface area (Å²) in [5.74, 6) is 0.550. The Kier molecular flexibility index (Phi) is 13.4. The lowest BCUT2D eigenvalue weighted by Gasteiger charge is -2.23. The Balaban J connectivity index is 4.96. The number of nitrogens with zero attached hydrogens (tertiary/aromatic N) is 1. The van der Waals surface area contributed by atoms with E-state index in [0.717, 1.165) is 38.6 Å². The Morgan fingerprint density at radius 3 is 2.19 bits per heavy atom. The molecule has 1 nitrogen and oxygen atoms in total. The summed E-state index contributed by atoms with van der Waals surface area (Å²) in [5.41, 5.74) is 6.87. The topological polar surface area (TPSA) is 3.24 Å². The highest BCUT2D eigenvalue weighted by atomic mass is 15.1. The van der Waals surface area contributed by atoms with Gasteiger partial charge in [0.2, 0.25) is 0 Å².